The maximum atomic E-state index is 4.61. The number of nitrogens with zero attached hydrogens (tertiary/aromatic N) is 2. The summed E-state index contributed by atoms with van der Waals surface area (Å²) in [6, 6.07) is 8.79. The van der Waals surface area contributed by atoms with Gasteiger partial charge in [-0.2, -0.15) is 0 Å². The number of hydrogen-bond donors (Lipinski definition) is 1. The van der Waals surface area contributed by atoms with Gasteiger partial charge >= 0.3 is 0 Å². The quantitative estimate of drug-likeness (QED) is 0.853. The average molecular weight is 215 g/mol. The van der Waals surface area contributed by atoms with Gasteiger partial charge in [0.05, 0.1) is 11.0 Å². The average Bonchev–Trinajstić information content (AvgIpc) is 3.08. The minimum Gasteiger partial charge on any atom is -0.353 e. The summed E-state index contributed by atoms with van der Waals surface area (Å²) in [5, 5.41) is 3.51. The fourth-order valence-corrected chi connectivity index (χ4v) is 2.19. The van der Waals surface area contributed by atoms with Crippen LogP contribution in [0.2, 0.25) is 0 Å². The Balaban J connectivity index is 1.93. The van der Waals surface area contributed by atoms with Crippen LogP contribution in [0.1, 0.15) is 19.8 Å². The molecular formula is C13H17N3. The van der Waals surface area contributed by atoms with Crippen LogP contribution in [0.25, 0.3) is 11.0 Å². The smallest absolute Gasteiger partial charge is 0.203 e. The zero-order chi connectivity index (χ0) is 11.1. The Morgan fingerprint density at radius 2 is 2.12 bits per heavy atom. The van der Waals surface area contributed by atoms with Crippen LogP contribution in [-0.2, 0) is 7.05 Å². The molecule has 1 saturated carbocycles. The molecular weight excluding hydrogens is 198 g/mol. The first-order valence-electron chi connectivity index (χ1n) is 5.93. The molecule has 0 spiro atoms. The Hall–Kier alpha value is -1.51. The zero-order valence-electron chi connectivity index (χ0n) is 9.77. The first kappa shape index (κ1) is 9.70. The molecule has 84 valence electrons. The predicted molar refractivity (Wildman–Crippen MR) is 66.5 cm³/mol. The number of aromatic nitrogens is 2. The maximum Gasteiger partial charge on any atom is 0.203 e. The number of benzene rings is 1. The van der Waals surface area contributed by atoms with Crippen LogP contribution in [0.5, 0.6) is 0 Å². The molecule has 1 aliphatic carbocycles. The van der Waals surface area contributed by atoms with Gasteiger partial charge in [-0.3, -0.25) is 0 Å². The van der Waals surface area contributed by atoms with E-state index in [0.717, 1.165) is 17.4 Å². The van der Waals surface area contributed by atoms with Crippen molar-refractivity contribution in [3.05, 3.63) is 24.3 Å². The van der Waals surface area contributed by atoms with E-state index in [-0.39, 0.29) is 0 Å². The van der Waals surface area contributed by atoms with Crippen LogP contribution < -0.4 is 5.32 Å². The van der Waals surface area contributed by atoms with Crippen molar-refractivity contribution in [1.29, 1.82) is 0 Å². The lowest BCUT2D eigenvalue weighted by molar-refractivity contribution is 0.681. The van der Waals surface area contributed by atoms with Crippen molar-refractivity contribution >= 4 is 17.0 Å². The monoisotopic (exact) mass is 215 g/mol. The number of aryl methyl sites for hydroxylation is 1. The van der Waals surface area contributed by atoms with E-state index >= 15 is 0 Å². The molecule has 3 heteroatoms. The molecule has 1 aromatic heterocycles. The molecule has 1 atom stereocenters. The summed E-state index contributed by atoms with van der Waals surface area (Å²) >= 11 is 0. The minimum atomic E-state index is 0.538. The van der Waals surface area contributed by atoms with Gasteiger partial charge < -0.3 is 9.88 Å². The van der Waals surface area contributed by atoms with Crippen molar-refractivity contribution in [2.45, 2.75) is 25.8 Å². The van der Waals surface area contributed by atoms with Crippen molar-refractivity contribution in [3.8, 4) is 0 Å². The molecule has 3 rings (SSSR count). The fraction of sp³-hybridized carbons (Fsp3) is 0.462. The van der Waals surface area contributed by atoms with Crippen LogP contribution in [-0.4, -0.2) is 15.6 Å². The van der Waals surface area contributed by atoms with E-state index in [9.17, 15) is 0 Å². The van der Waals surface area contributed by atoms with E-state index in [0.29, 0.717) is 6.04 Å². The highest BCUT2D eigenvalue weighted by Gasteiger charge is 2.28. The van der Waals surface area contributed by atoms with Crippen molar-refractivity contribution in [2.75, 3.05) is 5.32 Å². The highest BCUT2D eigenvalue weighted by molar-refractivity contribution is 5.78. The van der Waals surface area contributed by atoms with Crippen molar-refractivity contribution < 1.29 is 0 Å². The summed E-state index contributed by atoms with van der Waals surface area (Å²) < 4.78 is 2.13. The number of hydrogen-bond acceptors (Lipinski definition) is 2. The SMILES string of the molecule is CC(Nc1nc2ccccc2n1C)C1CC1. The molecule has 2 aromatic rings. The lowest BCUT2D eigenvalue weighted by atomic mass is 10.2. The van der Waals surface area contributed by atoms with Gasteiger partial charge in [0.25, 0.3) is 0 Å². The summed E-state index contributed by atoms with van der Waals surface area (Å²) in [5.74, 6) is 1.83. The van der Waals surface area contributed by atoms with Gasteiger partial charge in [-0.15, -0.1) is 0 Å². The third-order valence-corrected chi connectivity index (χ3v) is 3.47. The maximum absolute atomic E-state index is 4.61. The van der Waals surface area contributed by atoms with E-state index < -0.39 is 0 Å². The topological polar surface area (TPSA) is 29.9 Å². The first-order chi connectivity index (χ1) is 7.75. The summed E-state index contributed by atoms with van der Waals surface area (Å²) in [5.41, 5.74) is 2.25. The second-order valence-corrected chi connectivity index (χ2v) is 4.75. The van der Waals surface area contributed by atoms with E-state index in [1.54, 1.807) is 0 Å². The first-order valence-corrected chi connectivity index (χ1v) is 5.93. The fourth-order valence-electron chi connectivity index (χ4n) is 2.19. The number of para-hydroxylation sites is 2. The zero-order valence-corrected chi connectivity index (χ0v) is 9.77. The van der Waals surface area contributed by atoms with Crippen molar-refractivity contribution in [3.63, 3.8) is 0 Å². The molecule has 0 saturated heterocycles. The number of anilines is 1. The number of nitrogens with one attached hydrogen (secondary N) is 1. The number of fused-ring (bicyclic) bond motifs is 1. The van der Waals surface area contributed by atoms with Gasteiger partial charge in [0, 0.05) is 13.1 Å². The highest BCUT2D eigenvalue weighted by Crippen LogP contribution is 2.34. The largest absolute Gasteiger partial charge is 0.353 e. The Kier molecular flexibility index (Phi) is 2.13. The molecule has 1 aromatic carbocycles. The summed E-state index contributed by atoms with van der Waals surface area (Å²) in [4.78, 5) is 4.61. The molecule has 1 heterocycles. The van der Waals surface area contributed by atoms with Gasteiger partial charge in [-0.05, 0) is 37.8 Å². The standard InChI is InChI=1S/C13H17N3/c1-9(10-7-8-10)14-13-15-11-5-3-4-6-12(11)16(13)2/h3-6,9-10H,7-8H2,1-2H3,(H,14,15). The molecule has 1 unspecified atom stereocenters. The highest BCUT2D eigenvalue weighted by atomic mass is 15.2. The molecule has 0 aliphatic heterocycles. The van der Waals surface area contributed by atoms with Gasteiger partial charge in [0.1, 0.15) is 0 Å². The third kappa shape index (κ3) is 1.56. The second-order valence-electron chi connectivity index (χ2n) is 4.75. The molecule has 1 fully saturated rings. The number of imidazole rings is 1. The predicted octanol–water partition coefficient (Wildman–Crippen LogP) is 2.78. The Bertz CT molecular complexity index is 511. The molecule has 1 N–H and O–H groups in total. The van der Waals surface area contributed by atoms with Crippen LogP contribution in [0, 0.1) is 5.92 Å². The van der Waals surface area contributed by atoms with Gasteiger partial charge in [-0.25, -0.2) is 4.98 Å². The Labute approximate surface area is 95.5 Å². The van der Waals surface area contributed by atoms with Crippen LogP contribution in [0.4, 0.5) is 5.95 Å². The second kappa shape index (κ2) is 3.51. The van der Waals surface area contributed by atoms with Gasteiger partial charge in [-0.1, -0.05) is 12.1 Å². The van der Waals surface area contributed by atoms with Crippen LogP contribution in [0.15, 0.2) is 24.3 Å². The molecule has 16 heavy (non-hydrogen) atoms. The number of rotatable bonds is 3. The summed E-state index contributed by atoms with van der Waals surface area (Å²) in [6.07, 6.45) is 2.72. The van der Waals surface area contributed by atoms with E-state index in [4.69, 9.17) is 0 Å². The Morgan fingerprint density at radius 3 is 2.81 bits per heavy atom. The summed E-state index contributed by atoms with van der Waals surface area (Å²) in [7, 11) is 2.07. The van der Waals surface area contributed by atoms with E-state index in [2.05, 4.69) is 47.0 Å². The third-order valence-electron chi connectivity index (χ3n) is 3.47. The lowest BCUT2D eigenvalue weighted by Crippen LogP contribution is -2.19. The Morgan fingerprint density at radius 1 is 1.38 bits per heavy atom. The molecule has 3 nitrogen and oxygen atoms in total. The summed E-state index contributed by atoms with van der Waals surface area (Å²) in [6.45, 7) is 2.25. The van der Waals surface area contributed by atoms with Gasteiger partial charge in [0.2, 0.25) is 5.95 Å². The van der Waals surface area contributed by atoms with Crippen LogP contribution in [0.3, 0.4) is 0 Å². The molecule has 1 aliphatic rings. The van der Waals surface area contributed by atoms with Crippen molar-refractivity contribution in [1.82, 2.24) is 9.55 Å². The normalized spacial score (nSPS) is 17.6. The van der Waals surface area contributed by atoms with Crippen molar-refractivity contribution in [2.24, 2.45) is 13.0 Å². The minimum absolute atomic E-state index is 0.538. The molecule has 0 bridgehead atoms. The van der Waals surface area contributed by atoms with E-state index in [1.807, 2.05) is 6.07 Å². The van der Waals surface area contributed by atoms with Crippen LogP contribution >= 0.6 is 0 Å². The molecule has 0 radical (unpaired) electrons. The van der Waals surface area contributed by atoms with E-state index in [1.165, 1.54) is 18.4 Å². The molecule has 0 amide bonds. The van der Waals surface area contributed by atoms with Gasteiger partial charge in [0.15, 0.2) is 0 Å². The lowest BCUT2D eigenvalue weighted by Gasteiger charge is -2.13.